The predicted octanol–water partition coefficient (Wildman–Crippen LogP) is 3.29. The van der Waals surface area contributed by atoms with E-state index in [0.717, 1.165) is 55.4 Å². The summed E-state index contributed by atoms with van der Waals surface area (Å²) in [7, 11) is 0. The molecule has 1 aliphatic rings. The molecule has 1 N–H and O–H groups in total. The van der Waals surface area contributed by atoms with Crippen LogP contribution in [0.15, 0.2) is 91.3 Å². The summed E-state index contributed by atoms with van der Waals surface area (Å²) in [5.74, 6) is 0.964. The lowest BCUT2D eigenvalue weighted by Gasteiger charge is -2.34. The molecule has 0 unspecified atom stereocenters. The Balaban J connectivity index is 1.14. The van der Waals surface area contributed by atoms with Crippen molar-refractivity contribution in [2.75, 3.05) is 26.2 Å². The lowest BCUT2D eigenvalue weighted by molar-refractivity contribution is -0.684. The number of rotatable bonds is 8. The zero-order valence-corrected chi connectivity index (χ0v) is 19.7. The molecule has 178 valence electrons. The SMILES string of the molecule is O=C(C[n+]1cccc(-c2cc(COc3ccccc3)[nH]n2)c1)N1CCN(Cc2ccccc2)CC1. The van der Waals surface area contributed by atoms with Crippen LogP contribution in [0.2, 0.25) is 0 Å². The van der Waals surface area contributed by atoms with E-state index < -0.39 is 0 Å². The maximum atomic E-state index is 13.0. The van der Waals surface area contributed by atoms with Gasteiger partial charge in [0.15, 0.2) is 12.4 Å². The number of hydrogen-bond acceptors (Lipinski definition) is 4. The zero-order chi connectivity index (χ0) is 23.9. The Morgan fingerprint density at radius 1 is 0.943 bits per heavy atom. The molecule has 0 atom stereocenters. The Labute approximate surface area is 205 Å². The van der Waals surface area contributed by atoms with Gasteiger partial charge in [-0.15, -0.1) is 0 Å². The highest BCUT2D eigenvalue weighted by Crippen LogP contribution is 2.17. The van der Waals surface area contributed by atoms with Crippen molar-refractivity contribution >= 4 is 5.91 Å². The van der Waals surface area contributed by atoms with Gasteiger partial charge in [-0.1, -0.05) is 48.5 Å². The summed E-state index contributed by atoms with van der Waals surface area (Å²) in [5, 5.41) is 7.48. The molecule has 0 radical (unpaired) electrons. The molecule has 0 spiro atoms. The Morgan fingerprint density at radius 3 is 2.46 bits per heavy atom. The van der Waals surface area contributed by atoms with Crippen LogP contribution in [-0.2, 0) is 24.5 Å². The molecule has 1 saturated heterocycles. The Kier molecular flexibility index (Phi) is 7.15. The highest BCUT2D eigenvalue weighted by molar-refractivity contribution is 5.74. The molecule has 1 amide bonds. The van der Waals surface area contributed by atoms with E-state index in [-0.39, 0.29) is 5.91 Å². The molecule has 7 heteroatoms. The Bertz CT molecular complexity index is 1230. The van der Waals surface area contributed by atoms with Crippen molar-refractivity contribution < 1.29 is 14.1 Å². The molecular formula is C28H30N5O2+. The van der Waals surface area contributed by atoms with Gasteiger partial charge in [0.2, 0.25) is 6.54 Å². The zero-order valence-electron chi connectivity index (χ0n) is 19.7. The van der Waals surface area contributed by atoms with Crippen LogP contribution in [0.4, 0.5) is 0 Å². The number of carbonyl (C=O) groups excluding carboxylic acids is 1. The van der Waals surface area contributed by atoms with Gasteiger partial charge < -0.3 is 9.64 Å². The molecule has 0 saturated carbocycles. The minimum absolute atomic E-state index is 0.144. The van der Waals surface area contributed by atoms with Crippen LogP contribution in [0, 0.1) is 0 Å². The lowest BCUT2D eigenvalue weighted by Crippen LogP contribution is -2.52. The van der Waals surface area contributed by atoms with Gasteiger partial charge >= 0.3 is 0 Å². The first-order valence-electron chi connectivity index (χ1n) is 12.0. The summed E-state index contributed by atoms with van der Waals surface area (Å²) < 4.78 is 7.73. The first-order chi connectivity index (χ1) is 17.2. The normalized spacial score (nSPS) is 14.1. The molecule has 7 nitrogen and oxygen atoms in total. The summed E-state index contributed by atoms with van der Waals surface area (Å²) in [6, 6.07) is 26.1. The van der Waals surface area contributed by atoms with E-state index in [1.807, 2.05) is 76.5 Å². The van der Waals surface area contributed by atoms with Crippen molar-refractivity contribution in [2.45, 2.75) is 19.7 Å². The number of amides is 1. The highest BCUT2D eigenvalue weighted by Gasteiger charge is 2.23. The number of benzene rings is 2. The third-order valence-corrected chi connectivity index (χ3v) is 6.21. The van der Waals surface area contributed by atoms with Gasteiger partial charge in [0.05, 0.1) is 17.0 Å². The van der Waals surface area contributed by atoms with E-state index in [2.05, 4.69) is 39.4 Å². The fourth-order valence-corrected chi connectivity index (χ4v) is 4.29. The number of carbonyl (C=O) groups is 1. The summed E-state index contributed by atoms with van der Waals surface area (Å²) in [6.45, 7) is 4.98. The number of hydrogen-bond donors (Lipinski definition) is 1. The van der Waals surface area contributed by atoms with Gasteiger partial charge in [0, 0.05) is 38.8 Å². The molecule has 4 aromatic rings. The lowest BCUT2D eigenvalue weighted by atomic mass is 10.2. The van der Waals surface area contributed by atoms with Crippen molar-refractivity contribution in [1.82, 2.24) is 20.0 Å². The second-order valence-electron chi connectivity index (χ2n) is 8.79. The Hall–Kier alpha value is -3.97. The number of pyridine rings is 1. The van der Waals surface area contributed by atoms with E-state index in [9.17, 15) is 4.79 Å². The second kappa shape index (κ2) is 11.0. The quantitative estimate of drug-likeness (QED) is 0.403. The van der Waals surface area contributed by atoms with Crippen LogP contribution in [0.1, 0.15) is 11.3 Å². The summed E-state index contributed by atoms with van der Waals surface area (Å²) in [5.41, 5.74) is 3.99. The monoisotopic (exact) mass is 468 g/mol. The minimum atomic E-state index is 0.144. The molecule has 2 aromatic carbocycles. The van der Waals surface area contributed by atoms with E-state index in [0.29, 0.717) is 13.2 Å². The van der Waals surface area contributed by atoms with E-state index >= 15 is 0 Å². The second-order valence-corrected chi connectivity index (χ2v) is 8.79. The van der Waals surface area contributed by atoms with Crippen molar-refractivity contribution in [3.63, 3.8) is 0 Å². The van der Waals surface area contributed by atoms with Gasteiger partial charge in [-0.25, -0.2) is 0 Å². The maximum Gasteiger partial charge on any atom is 0.288 e. The third kappa shape index (κ3) is 6.13. The fourth-order valence-electron chi connectivity index (χ4n) is 4.29. The predicted molar refractivity (Wildman–Crippen MR) is 133 cm³/mol. The van der Waals surface area contributed by atoms with Gasteiger partial charge in [0.25, 0.3) is 5.91 Å². The standard InChI is InChI=1S/C28H30N5O2/c34-28(33-16-14-31(15-17-33)19-23-8-3-1-4-9-23)21-32-13-7-10-24(20-32)27-18-25(29-30-27)22-35-26-11-5-2-6-12-26/h1-13,18,20H,14-17,19,21-22H2,(H,29,30)/q+1. The molecule has 0 bridgehead atoms. The molecule has 2 aromatic heterocycles. The molecular weight excluding hydrogens is 438 g/mol. The molecule has 0 aliphatic carbocycles. The number of piperazine rings is 1. The summed E-state index contributed by atoms with van der Waals surface area (Å²) in [4.78, 5) is 17.3. The highest BCUT2D eigenvalue weighted by atomic mass is 16.5. The number of ether oxygens (including phenoxy) is 1. The van der Waals surface area contributed by atoms with Crippen molar-refractivity contribution in [3.8, 4) is 17.0 Å². The average Bonchev–Trinajstić information content (AvgIpc) is 3.39. The number of aromatic nitrogens is 3. The largest absolute Gasteiger partial charge is 0.487 e. The first kappa shape index (κ1) is 22.8. The van der Waals surface area contributed by atoms with Crippen molar-refractivity contribution in [3.05, 3.63) is 103 Å². The average molecular weight is 469 g/mol. The van der Waals surface area contributed by atoms with E-state index in [4.69, 9.17) is 4.74 Å². The van der Waals surface area contributed by atoms with Crippen molar-refractivity contribution in [1.29, 1.82) is 0 Å². The van der Waals surface area contributed by atoms with Crippen LogP contribution in [-0.4, -0.2) is 52.1 Å². The number of H-pyrrole nitrogens is 1. The van der Waals surface area contributed by atoms with Gasteiger partial charge in [-0.2, -0.15) is 9.67 Å². The Morgan fingerprint density at radius 2 is 1.69 bits per heavy atom. The molecule has 1 aliphatic heterocycles. The van der Waals surface area contributed by atoms with E-state index in [1.54, 1.807) is 0 Å². The van der Waals surface area contributed by atoms with Crippen LogP contribution < -0.4 is 9.30 Å². The van der Waals surface area contributed by atoms with Crippen LogP contribution >= 0.6 is 0 Å². The van der Waals surface area contributed by atoms with Gasteiger partial charge in [-0.3, -0.25) is 14.8 Å². The molecule has 35 heavy (non-hydrogen) atoms. The number of para-hydroxylation sites is 1. The van der Waals surface area contributed by atoms with Gasteiger partial charge in [0.1, 0.15) is 12.4 Å². The third-order valence-electron chi connectivity index (χ3n) is 6.21. The number of nitrogens with zero attached hydrogens (tertiary/aromatic N) is 4. The molecule has 5 rings (SSSR count). The maximum absolute atomic E-state index is 13.0. The molecule has 1 fully saturated rings. The van der Waals surface area contributed by atoms with Gasteiger partial charge in [-0.05, 0) is 29.8 Å². The fraction of sp³-hybridized carbons (Fsp3) is 0.250. The smallest absolute Gasteiger partial charge is 0.288 e. The minimum Gasteiger partial charge on any atom is -0.487 e. The number of aromatic amines is 1. The van der Waals surface area contributed by atoms with Crippen LogP contribution in [0.25, 0.3) is 11.3 Å². The van der Waals surface area contributed by atoms with Crippen LogP contribution in [0.3, 0.4) is 0 Å². The topological polar surface area (TPSA) is 65.3 Å². The summed E-state index contributed by atoms with van der Waals surface area (Å²) in [6.07, 6.45) is 3.90. The van der Waals surface area contributed by atoms with Crippen molar-refractivity contribution in [2.24, 2.45) is 0 Å². The molecule has 3 heterocycles. The first-order valence-corrected chi connectivity index (χ1v) is 12.0. The van der Waals surface area contributed by atoms with Crippen LogP contribution in [0.5, 0.6) is 5.75 Å². The number of nitrogens with one attached hydrogen (secondary N) is 1. The van der Waals surface area contributed by atoms with E-state index in [1.165, 1.54) is 5.56 Å². The summed E-state index contributed by atoms with van der Waals surface area (Å²) >= 11 is 0.